The summed E-state index contributed by atoms with van der Waals surface area (Å²) in [5.74, 6) is -1.22. The minimum Gasteiger partial charge on any atom is -0.465 e. The van der Waals surface area contributed by atoms with Crippen molar-refractivity contribution >= 4 is 38.6 Å². The summed E-state index contributed by atoms with van der Waals surface area (Å²) in [5, 5.41) is 0.776. The van der Waals surface area contributed by atoms with Crippen LogP contribution in [0.25, 0.3) is 32.6 Å². The van der Waals surface area contributed by atoms with E-state index >= 15 is 0 Å². The molecule has 3 aromatic heterocycles. The molecule has 0 saturated heterocycles. The van der Waals surface area contributed by atoms with Crippen molar-refractivity contribution in [3.05, 3.63) is 91.9 Å². The molecule has 34 heavy (non-hydrogen) atoms. The van der Waals surface area contributed by atoms with E-state index in [9.17, 15) is 27.6 Å². The quantitative estimate of drug-likeness (QED) is 0.301. The smallest absolute Gasteiger partial charge is 0.420 e. The van der Waals surface area contributed by atoms with Gasteiger partial charge in [-0.15, -0.1) is 11.3 Å². The summed E-state index contributed by atoms with van der Waals surface area (Å²) in [5.41, 5.74) is -2.81. The lowest BCUT2D eigenvalue weighted by molar-refractivity contribution is -0.136. The van der Waals surface area contributed by atoms with Crippen molar-refractivity contribution in [1.29, 1.82) is 0 Å². The van der Waals surface area contributed by atoms with Crippen LogP contribution < -0.4 is 11.1 Å². The number of carbonyl (C=O) groups is 1. The van der Waals surface area contributed by atoms with Crippen LogP contribution >= 0.6 is 11.3 Å². The minimum atomic E-state index is -5.00. The summed E-state index contributed by atoms with van der Waals surface area (Å²) in [7, 11) is 0.953. The number of carbonyl (C=O) groups excluding carboxylic acids is 1. The zero-order chi connectivity index (χ0) is 24.2. The largest absolute Gasteiger partial charge is 0.465 e. The average molecular weight is 485 g/mol. The lowest BCUT2D eigenvalue weighted by Crippen LogP contribution is -2.35. The number of benzene rings is 2. The second-order valence-corrected chi connectivity index (χ2v) is 8.35. The number of hydrogen-bond acceptors (Lipinski definition) is 5. The number of thiophene rings is 1. The molecule has 172 valence electrons. The number of para-hydroxylation sites is 1. The third-order valence-corrected chi connectivity index (χ3v) is 6.43. The van der Waals surface area contributed by atoms with Crippen molar-refractivity contribution in [2.24, 2.45) is 0 Å². The molecule has 0 fully saturated rings. The van der Waals surface area contributed by atoms with Gasteiger partial charge in [0.1, 0.15) is 15.3 Å². The van der Waals surface area contributed by atoms with Gasteiger partial charge in [0.05, 0.1) is 23.8 Å². The highest BCUT2D eigenvalue weighted by Crippen LogP contribution is 2.42. The predicted octanol–water partition coefficient (Wildman–Crippen LogP) is 4.49. The molecule has 0 aliphatic carbocycles. The van der Waals surface area contributed by atoms with Crippen LogP contribution in [0.2, 0.25) is 0 Å². The van der Waals surface area contributed by atoms with E-state index in [-0.39, 0.29) is 10.5 Å². The van der Waals surface area contributed by atoms with E-state index in [2.05, 4.69) is 9.72 Å². The Morgan fingerprint density at radius 3 is 2.44 bits per heavy atom. The minimum absolute atomic E-state index is 0.0456. The summed E-state index contributed by atoms with van der Waals surface area (Å²) in [6, 6.07) is 15.7. The van der Waals surface area contributed by atoms with Crippen molar-refractivity contribution in [3.63, 3.8) is 0 Å². The van der Waals surface area contributed by atoms with Crippen LogP contribution in [0.4, 0.5) is 13.2 Å². The second kappa shape index (κ2) is 7.73. The number of esters is 1. The molecule has 1 N–H and O–H groups in total. The van der Waals surface area contributed by atoms with Crippen molar-refractivity contribution in [1.82, 2.24) is 14.1 Å². The first kappa shape index (κ1) is 21.7. The maximum Gasteiger partial charge on any atom is 0.420 e. The number of halogens is 3. The average Bonchev–Trinajstić information content (AvgIpc) is 3.41. The molecule has 5 rings (SSSR count). The van der Waals surface area contributed by atoms with E-state index in [0.717, 1.165) is 18.2 Å². The molecule has 7 nitrogen and oxygen atoms in total. The van der Waals surface area contributed by atoms with E-state index < -0.39 is 39.2 Å². The Morgan fingerprint density at radius 1 is 1.03 bits per heavy atom. The highest BCUT2D eigenvalue weighted by Gasteiger charge is 2.41. The molecule has 5 aromatic rings. The van der Waals surface area contributed by atoms with Crippen molar-refractivity contribution in [2.45, 2.75) is 6.18 Å². The maximum atomic E-state index is 14.1. The molecule has 0 aliphatic heterocycles. The number of ether oxygens (including phenoxy) is 1. The number of nitrogens with zero attached hydrogens (tertiary/aromatic N) is 2. The highest BCUT2D eigenvalue weighted by atomic mass is 32.1. The third-order valence-electron chi connectivity index (χ3n) is 5.35. The first-order valence-electron chi connectivity index (χ1n) is 9.85. The number of H-pyrrole nitrogens is 1. The molecule has 0 spiro atoms. The Kier molecular flexibility index (Phi) is 4.94. The van der Waals surface area contributed by atoms with Crippen LogP contribution in [0, 0.1) is 0 Å². The lowest BCUT2D eigenvalue weighted by atomic mass is 10.2. The van der Waals surface area contributed by atoms with Gasteiger partial charge in [-0.05, 0) is 30.3 Å². The molecule has 3 heterocycles. The summed E-state index contributed by atoms with van der Waals surface area (Å²) >= 11 is 0.405. The van der Waals surface area contributed by atoms with Gasteiger partial charge in [0.25, 0.3) is 0 Å². The van der Waals surface area contributed by atoms with Crippen molar-refractivity contribution in [2.75, 3.05) is 7.11 Å². The molecule has 0 aliphatic rings. The molecule has 0 amide bonds. The molecule has 11 heteroatoms. The molecule has 2 aromatic carbocycles. The summed E-state index contributed by atoms with van der Waals surface area (Å²) in [6.07, 6.45) is -3.20. The summed E-state index contributed by atoms with van der Waals surface area (Å²) < 4.78 is 49.4. The van der Waals surface area contributed by atoms with Gasteiger partial charge in [0, 0.05) is 17.3 Å². The molecular formula is C23H14F3N3O4S. The Labute approximate surface area is 192 Å². The van der Waals surface area contributed by atoms with Crippen LogP contribution in [0.5, 0.6) is 0 Å². The van der Waals surface area contributed by atoms with Crippen LogP contribution in [0.3, 0.4) is 0 Å². The number of nitrogens with one attached hydrogen (secondary N) is 1. The van der Waals surface area contributed by atoms with Crippen molar-refractivity contribution in [3.8, 4) is 11.4 Å². The predicted molar refractivity (Wildman–Crippen MR) is 121 cm³/mol. The van der Waals surface area contributed by atoms with Gasteiger partial charge in [-0.1, -0.05) is 24.3 Å². The van der Waals surface area contributed by atoms with Gasteiger partial charge < -0.3 is 14.3 Å². The number of methoxy groups -OCH3 is 1. The number of hydrogen-bond donors (Lipinski definition) is 1. The Hall–Kier alpha value is -4.12. The first-order valence-corrected chi connectivity index (χ1v) is 10.7. The lowest BCUT2D eigenvalue weighted by Gasteiger charge is -2.13. The van der Waals surface area contributed by atoms with E-state index in [1.54, 1.807) is 12.3 Å². The molecule has 0 atom stereocenters. The van der Waals surface area contributed by atoms with Crippen LogP contribution in [-0.4, -0.2) is 27.2 Å². The Bertz CT molecular complexity index is 1690. The Balaban J connectivity index is 1.88. The van der Waals surface area contributed by atoms with E-state index in [4.69, 9.17) is 0 Å². The van der Waals surface area contributed by atoms with Gasteiger partial charge in [-0.2, -0.15) is 13.2 Å². The summed E-state index contributed by atoms with van der Waals surface area (Å²) in [6.45, 7) is 0. The van der Waals surface area contributed by atoms with Gasteiger partial charge in [-0.3, -0.25) is 14.2 Å². The monoisotopic (exact) mass is 485 g/mol. The molecule has 0 radical (unpaired) electrons. The summed E-state index contributed by atoms with van der Waals surface area (Å²) in [4.78, 5) is 38.5. The SMILES string of the molecule is COC(=O)c1sc2[nH]c(=O)c(=O)n(-c3ccc4ccn(-c5ccccc5)c4c3)c2c1C(F)(F)F. The fourth-order valence-electron chi connectivity index (χ4n) is 3.90. The van der Waals surface area contributed by atoms with E-state index in [1.165, 1.54) is 12.1 Å². The fourth-order valence-corrected chi connectivity index (χ4v) is 5.01. The number of alkyl halides is 3. The number of aromatic nitrogens is 3. The maximum absolute atomic E-state index is 14.1. The standard InChI is InChI=1S/C23H14F3N3O4S/c1-33-22(32)18-16(23(24,25)26)17-20(34-18)27-19(30)21(31)29(17)14-8-7-12-9-10-28(15(12)11-14)13-5-3-2-4-6-13/h2-11H,1H3,(H,27,30). The number of fused-ring (bicyclic) bond motifs is 2. The number of aromatic amines is 1. The molecule has 0 unspecified atom stereocenters. The number of rotatable bonds is 3. The molecule has 0 saturated carbocycles. The molecule has 0 bridgehead atoms. The van der Waals surface area contributed by atoms with Crippen molar-refractivity contribution < 1.29 is 22.7 Å². The van der Waals surface area contributed by atoms with Crippen LogP contribution in [-0.2, 0) is 10.9 Å². The van der Waals surface area contributed by atoms with Gasteiger partial charge in [0.2, 0.25) is 0 Å². The van der Waals surface area contributed by atoms with Gasteiger partial charge in [-0.25, -0.2) is 4.79 Å². The normalized spacial score (nSPS) is 11.9. The highest BCUT2D eigenvalue weighted by molar-refractivity contribution is 7.20. The van der Waals surface area contributed by atoms with E-state index in [1.807, 2.05) is 41.0 Å². The fraction of sp³-hybridized carbons (Fsp3) is 0.0870. The van der Waals surface area contributed by atoms with Gasteiger partial charge >= 0.3 is 23.3 Å². The van der Waals surface area contributed by atoms with Crippen LogP contribution in [0.15, 0.2) is 70.4 Å². The second-order valence-electron chi connectivity index (χ2n) is 7.33. The zero-order valence-corrected chi connectivity index (χ0v) is 18.2. The van der Waals surface area contributed by atoms with Gasteiger partial charge in [0.15, 0.2) is 0 Å². The molecular weight excluding hydrogens is 471 g/mol. The zero-order valence-electron chi connectivity index (χ0n) is 17.3. The first-order chi connectivity index (χ1) is 16.2. The topological polar surface area (TPSA) is 86.1 Å². The third kappa shape index (κ3) is 3.32. The van der Waals surface area contributed by atoms with E-state index in [0.29, 0.717) is 21.4 Å². The Morgan fingerprint density at radius 2 is 1.76 bits per heavy atom. The van der Waals surface area contributed by atoms with Crippen LogP contribution in [0.1, 0.15) is 15.2 Å².